The van der Waals surface area contributed by atoms with Crippen LogP contribution in [0.25, 0.3) is 0 Å². The van der Waals surface area contributed by atoms with Gasteiger partial charge in [-0.1, -0.05) is 41.9 Å². The van der Waals surface area contributed by atoms with E-state index in [1.165, 1.54) is 17.7 Å². The summed E-state index contributed by atoms with van der Waals surface area (Å²) in [4.78, 5) is 0.377. The van der Waals surface area contributed by atoms with Crippen molar-refractivity contribution in [2.75, 3.05) is 5.73 Å². The molecule has 0 spiro atoms. The van der Waals surface area contributed by atoms with Crippen LogP contribution in [0.3, 0.4) is 0 Å². The Labute approximate surface area is 159 Å². The molecule has 1 aromatic heterocycles. The van der Waals surface area contributed by atoms with Crippen LogP contribution in [0, 0.1) is 13.8 Å². The summed E-state index contributed by atoms with van der Waals surface area (Å²) in [5.74, 6) is 0.283. The second-order valence-electron chi connectivity index (χ2n) is 6.27. The third-order valence-electron chi connectivity index (χ3n) is 4.67. The van der Waals surface area contributed by atoms with E-state index in [2.05, 4.69) is 0 Å². The predicted molar refractivity (Wildman–Crippen MR) is 105 cm³/mol. The van der Waals surface area contributed by atoms with Gasteiger partial charge in [0.1, 0.15) is 10.7 Å². The standard InChI is InChI=1S/C20H21ClN2O2S/c1-14-15(2)23(13-12-16-6-4-3-5-7-16)20(22)19(14)26(24,25)18-10-8-17(21)9-11-18/h3-11H,12-13,22H2,1-2H3. The number of anilines is 1. The molecule has 0 fully saturated rings. The van der Waals surface area contributed by atoms with Gasteiger partial charge in [-0.2, -0.15) is 0 Å². The Morgan fingerprint density at radius 2 is 1.62 bits per heavy atom. The van der Waals surface area contributed by atoms with Gasteiger partial charge in [0.15, 0.2) is 0 Å². The van der Waals surface area contributed by atoms with E-state index in [0.29, 0.717) is 17.1 Å². The molecule has 3 aromatic rings. The second kappa shape index (κ2) is 7.17. The number of nitrogens with zero attached hydrogens (tertiary/aromatic N) is 1. The number of hydrogen-bond acceptors (Lipinski definition) is 3. The zero-order valence-electron chi connectivity index (χ0n) is 14.7. The van der Waals surface area contributed by atoms with Gasteiger partial charge in [-0.3, -0.25) is 0 Å². The smallest absolute Gasteiger partial charge is 0.210 e. The Morgan fingerprint density at radius 3 is 2.23 bits per heavy atom. The molecule has 2 N–H and O–H groups in total. The van der Waals surface area contributed by atoms with Crippen LogP contribution in [0.1, 0.15) is 16.8 Å². The van der Waals surface area contributed by atoms with Crippen molar-refractivity contribution in [3.63, 3.8) is 0 Å². The summed E-state index contributed by atoms with van der Waals surface area (Å²) in [6.07, 6.45) is 0.778. The van der Waals surface area contributed by atoms with E-state index >= 15 is 0 Å². The van der Waals surface area contributed by atoms with Gasteiger partial charge in [-0.15, -0.1) is 0 Å². The molecule has 0 radical (unpaired) electrons. The molecule has 3 rings (SSSR count). The molecule has 0 aliphatic carbocycles. The highest BCUT2D eigenvalue weighted by Crippen LogP contribution is 2.33. The van der Waals surface area contributed by atoms with Crippen LogP contribution < -0.4 is 5.73 Å². The van der Waals surface area contributed by atoms with Crippen LogP contribution >= 0.6 is 11.6 Å². The summed E-state index contributed by atoms with van der Waals surface area (Å²) in [6, 6.07) is 16.2. The first-order chi connectivity index (χ1) is 12.3. The third kappa shape index (κ3) is 3.37. The molecule has 0 atom stereocenters. The molecular formula is C20H21ClN2O2S. The zero-order chi connectivity index (χ0) is 18.9. The lowest BCUT2D eigenvalue weighted by molar-refractivity contribution is 0.595. The van der Waals surface area contributed by atoms with Gasteiger partial charge in [0.25, 0.3) is 0 Å². The fraction of sp³-hybridized carbons (Fsp3) is 0.200. The number of halogens is 1. The molecule has 0 amide bonds. The number of sulfone groups is 1. The maximum Gasteiger partial charge on any atom is 0.210 e. The largest absolute Gasteiger partial charge is 0.384 e. The molecule has 0 saturated carbocycles. The molecule has 0 aliphatic rings. The number of aromatic nitrogens is 1. The van der Waals surface area contributed by atoms with Crippen LogP contribution in [0.2, 0.25) is 5.02 Å². The number of nitrogen functional groups attached to an aromatic ring is 1. The van der Waals surface area contributed by atoms with Gasteiger partial charge in [-0.05, 0) is 55.7 Å². The van der Waals surface area contributed by atoms with Crippen LogP contribution in [-0.4, -0.2) is 13.0 Å². The van der Waals surface area contributed by atoms with Gasteiger partial charge in [0, 0.05) is 17.3 Å². The van der Waals surface area contributed by atoms with Crippen molar-refractivity contribution in [2.24, 2.45) is 0 Å². The van der Waals surface area contributed by atoms with Crippen molar-refractivity contribution in [2.45, 2.75) is 36.6 Å². The van der Waals surface area contributed by atoms with Gasteiger partial charge in [0.05, 0.1) is 4.90 Å². The highest BCUT2D eigenvalue weighted by molar-refractivity contribution is 7.91. The van der Waals surface area contributed by atoms with Gasteiger partial charge in [0.2, 0.25) is 9.84 Å². The molecule has 6 heteroatoms. The zero-order valence-corrected chi connectivity index (χ0v) is 16.3. The summed E-state index contributed by atoms with van der Waals surface area (Å²) in [5.41, 5.74) is 9.01. The van der Waals surface area contributed by atoms with E-state index in [1.807, 2.05) is 41.8 Å². The minimum absolute atomic E-state index is 0.186. The van der Waals surface area contributed by atoms with E-state index in [9.17, 15) is 8.42 Å². The molecule has 0 bridgehead atoms. The number of nitrogens with two attached hydrogens (primary N) is 1. The average Bonchev–Trinajstić information content (AvgIpc) is 2.84. The van der Waals surface area contributed by atoms with Crippen LogP contribution in [0.15, 0.2) is 64.4 Å². The SMILES string of the molecule is Cc1c(S(=O)(=O)c2ccc(Cl)cc2)c(N)n(CCc2ccccc2)c1C. The Kier molecular flexibility index (Phi) is 5.12. The Balaban J connectivity index is 2.00. The monoisotopic (exact) mass is 388 g/mol. The number of benzene rings is 2. The highest BCUT2D eigenvalue weighted by atomic mass is 35.5. The van der Waals surface area contributed by atoms with Crippen molar-refractivity contribution >= 4 is 27.3 Å². The molecule has 2 aromatic carbocycles. The van der Waals surface area contributed by atoms with E-state index in [-0.39, 0.29) is 15.6 Å². The van der Waals surface area contributed by atoms with Crippen molar-refractivity contribution in [3.8, 4) is 0 Å². The lowest BCUT2D eigenvalue weighted by atomic mass is 10.1. The Bertz CT molecular complexity index is 1020. The van der Waals surface area contributed by atoms with E-state index in [4.69, 9.17) is 17.3 Å². The minimum Gasteiger partial charge on any atom is -0.384 e. The molecule has 0 unspecified atom stereocenters. The molecule has 1 heterocycles. The van der Waals surface area contributed by atoms with Crippen LogP contribution in [0.5, 0.6) is 0 Å². The van der Waals surface area contributed by atoms with E-state index in [1.54, 1.807) is 19.1 Å². The van der Waals surface area contributed by atoms with E-state index in [0.717, 1.165) is 12.1 Å². The van der Waals surface area contributed by atoms with Crippen molar-refractivity contribution in [3.05, 3.63) is 76.4 Å². The van der Waals surface area contributed by atoms with E-state index < -0.39 is 9.84 Å². The summed E-state index contributed by atoms with van der Waals surface area (Å²) in [6.45, 7) is 4.32. The third-order valence-corrected chi connectivity index (χ3v) is 6.87. The first-order valence-corrected chi connectivity index (χ1v) is 10.2. The molecular weight excluding hydrogens is 368 g/mol. The van der Waals surface area contributed by atoms with Crippen LogP contribution in [0.4, 0.5) is 5.82 Å². The quantitative estimate of drug-likeness (QED) is 0.703. The molecule has 0 aliphatic heterocycles. The fourth-order valence-electron chi connectivity index (χ4n) is 3.11. The molecule has 136 valence electrons. The summed E-state index contributed by atoms with van der Waals surface area (Å²) >= 11 is 5.88. The van der Waals surface area contributed by atoms with Crippen molar-refractivity contribution < 1.29 is 8.42 Å². The maximum absolute atomic E-state index is 13.1. The first kappa shape index (κ1) is 18.5. The normalized spacial score (nSPS) is 11.7. The van der Waals surface area contributed by atoms with Crippen LogP contribution in [-0.2, 0) is 22.8 Å². The van der Waals surface area contributed by atoms with Gasteiger partial charge >= 0.3 is 0 Å². The Hall–Kier alpha value is -2.24. The number of aryl methyl sites for hydroxylation is 1. The highest BCUT2D eigenvalue weighted by Gasteiger charge is 2.28. The Morgan fingerprint density at radius 1 is 1.00 bits per heavy atom. The summed E-state index contributed by atoms with van der Waals surface area (Å²) in [5, 5.41) is 0.491. The minimum atomic E-state index is -3.71. The average molecular weight is 389 g/mol. The number of hydrogen-bond donors (Lipinski definition) is 1. The predicted octanol–water partition coefficient (Wildman–Crippen LogP) is 4.42. The lowest BCUT2D eigenvalue weighted by Gasteiger charge is -2.10. The number of rotatable bonds is 5. The van der Waals surface area contributed by atoms with Gasteiger partial charge in [-0.25, -0.2) is 8.42 Å². The molecule has 4 nitrogen and oxygen atoms in total. The molecule has 0 saturated heterocycles. The first-order valence-electron chi connectivity index (χ1n) is 8.32. The second-order valence-corrected chi connectivity index (χ2v) is 8.59. The maximum atomic E-state index is 13.1. The van der Waals surface area contributed by atoms with Crippen molar-refractivity contribution in [1.29, 1.82) is 0 Å². The molecule has 26 heavy (non-hydrogen) atoms. The topological polar surface area (TPSA) is 65.1 Å². The van der Waals surface area contributed by atoms with Gasteiger partial charge < -0.3 is 10.3 Å². The summed E-state index contributed by atoms with van der Waals surface area (Å²) in [7, 11) is -3.71. The summed E-state index contributed by atoms with van der Waals surface area (Å²) < 4.78 is 28.1. The van der Waals surface area contributed by atoms with Crippen molar-refractivity contribution in [1.82, 2.24) is 4.57 Å². The lowest BCUT2D eigenvalue weighted by Crippen LogP contribution is -2.10. The fourth-order valence-corrected chi connectivity index (χ4v) is 4.90.